The van der Waals surface area contributed by atoms with Crippen LogP contribution in [-0.4, -0.2) is 18.0 Å². The second-order valence-electron chi connectivity index (χ2n) is 3.41. The van der Waals surface area contributed by atoms with Crippen LogP contribution in [0.3, 0.4) is 0 Å². The summed E-state index contributed by atoms with van der Waals surface area (Å²) in [4.78, 5) is 13.4. The van der Waals surface area contributed by atoms with Crippen molar-refractivity contribution >= 4 is 23.7 Å². The van der Waals surface area contributed by atoms with Crippen molar-refractivity contribution in [1.29, 1.82) is 0 Å². The van der Waals surface area contributed by atoms with E-state index in [4.69, 9.17) is 0 Å². The van der Waals surface area contributed by atoms with Crippen molar-refractivity contribution in [3.8, 4) is 0 Å². The van der Waals surface area contributed by atoms with Crippen molar-refractivity contribution < 1.29 is 4.79 Å². The standard InChI is InChI=1S/C11H12N2OS/c1-8-6-4-5-7-10(8)13-11(14)12(3)9(2)15-13/h4-7H,2H2,1,3H3. The molecule has 15 heavy (non-hydrogen) atoms. The first kappa shape index (κ1) is 10.1. The molecule has 0 aliphatic carbocycles. The molecule has 1 fully saturated rings. The van der Waals surface area contributed by atoms with Crippen LogP contribution in [0.1, 0.15) is 5.56 Å². The normalized spacial score (nSPS) is 16.4. The fourth-order valence-corrected chi connectivity index (χ4v) is 2.31. The summed E-state index contributed by atoms with van der Waals surface area (Å²) in [5.41, 5.74) is 2.01. The van der Waals surface area contributed by atoms with Gasteiger partial charge in [-0.25, -0.2) is 9.10 Å². The molecule has 2 rings (SSSR count). The average Bonchev–Trinajstić information content (AvgIpc) is 2.47. The SMILES string of the molecule is C=C1SN(c2ccccc2C)C(=O)N1C. The number of rotatable bonds is 1. The summed E-state index contributed by atoms with van der Waals surface area (Å²) in [6, 6.07) is 7.77. The molecule has 0 bridgehead atoms. The Bertz CT molecular complexity index is 430. The molecule has 1 aromatic rings. The van der Waals surface area contributed by atoms with Gasteiger partial charge in [-0.3, -0.25) is 4.90 Å². The zero-order valence-corrected chi connectivity index (χ0v) is 9.54. The smallest absolute Gasteiger partial charge is 0.290 e. The van der Waals surface area contributed by atoms with Gasteiger partial charge in [0.05, 0.1) is 10.7 Å². The number of benzene rings is 1. The van der Waals surface area contributed by atoms with Gasteiger partial charge in [-0.05, 0) is 18.6 Å². The van der Waals surface area contributed by atoms with Gasteiger partial charge in [-0.15, -0.1) is 0 Å². The zero-order valence-electron chi connectivity index (χ0n) is 8.73. The van der Waals surface area contributed by atoms with Gasteiger partial charge >= 0.3 is 6.03 Å². The van der Waals surface area contributed by atoms with E-state index in [1.807, 2.05) is 31.2 Å². The molecule has 1 aliphatic rings. The Morgan fingerprint density at radius 1 is 1.33 bits per heavy atom. The molecule has 0 saturated carbocycles. The second-order valence-corrected chi connectivity index (χ2v) is 4.43. The molecular weight excluding hydrogens is 208 g/mol. The van der Waals surface area contributed by atoms with Crippen LogP contribution < -0.4 is 4.31 Å². The number of anilines is 1. The van der Waals surface area contributed by atoms with Crippen molar-refractivity contribution in [2.24, 2.45) is 0 Å². The predicted molar refractivity (Wildman–Crippen MR) is 63.5 cm³/mol. The highest BCUT2D eigenvalue weighted by molar-refractivity contribution is 8.05. The summed E-state index contributed by atoms with van der Waals surface area (Å²) in [5.74, 6) is 0. The Kier molecular flexibility index (Phi) is 2.44. The summed E-state index contributed by atoms with van der Waals surface area (Å²) in [6.07, 6.45) is 0. The topological polar surface area (TPSA) is 23.6 Å². The monoisotopic (exact) mass is 220 g/mol. The number of carbonyl (C=O) groups is 1. The van der Waals surface area contributed by atoms with E-state index in [0.29, 0.717) is 0 Å². The number of nitrogens with zero attached hydrogens (tertiary/aromatic N) is 2. The molecule has 3 nitrogen and oxygen atoms in total. The Hall–Kier alpha value is -1.42. The maximum absolute atomic E-state index is 11.8. The lowest BCUT2D eigenvalue weighted by Gasteiger charge is -2.15. The lowest BCUT2D eigenvalue weighted by atomic mass is 10.2. The van der Waals surface area contributed by atoms with Gasteiger partial charge in [-0.1, -0.05) is 24.8 Å². The minimum Gasteiger partial charge on any atom is -0.290 e. The molecule has 0 unspecified atom stereocenters. The fraction of sp³-hybridized carbons (Fsp3) is 0.182. The van der Waals surface area contributed by atoms with E-state index in [2.05, 4.69) is 6.58 Å². The summed E-state index contributed by atoms with van der Waals surface area (Å²) >= 11 is 1.36. The van der Waals surface area contributed by atoms with E-state index in [0.717, 1.165) is 16.3 Å². The van der Waals surface area contributed by atoms with E-state index >= 15 is 0 Å². The van der Waals surface area contributed by atoms with Crippen LogP contribution in [0.4, 0.5) is 10.5 Å². The van der Waals surface area contributed by atoms with E-state index in [9.17, 15) is 4.79 Å². The number of hydrogen-bond acceptors (Lipinski definition) is 2. The highest BCUT2D eigenvalue weighted by Crippen LogP contribution is 2.37. The molecule has 0 aromatic heterocycles. The Balaban J connectivity index is 2.38. The third kappa shape index (κ3) is 1.61. The van der Waals surface area contributed by atoms with E-state index in [-0.39, 0.29) is 6.03 Å². The van der Waals surface area contributed by atoms with E-state index in [1.54, 1.807) is 16.3 Å². The summed E-state index contributed by atoms with van der Waals surface area (Å²) in [5, 5.41) is 0.753. The molecule has 0 spiro atoms. The van der Waals surface area contributed by atoms with Crippen LogP contribution >= 0.6 is 11.9 Å². The van der Waals surface area contributed by atoms with Crippen LogP contribution in [0.25, 0.3) is 0 Å². The van der Waals surface area contributed by atoms with Gasteiger partial charge in [0.15, 0.2) is 0 Å². The van der Waals surface area contributed by atoms with Crippen LogP contribution in [-0.2, 0) is 0 Å². The van der Waals surface area contributed by atoms with Crippen LogP contribution in [0, 0.1) is 6.92 Å². The second kappa shape index (κ2) is 3.62. The third-order valence-corrected chi connectivity index (χ3v) is 3.39. The minimum absolute atomic E-state index is 0.0423. The highest BCUT2D eigenvalue weighted by atomic mass is 32.2. The number of aryl methyl sites for hydroxylation is 1. The number of urea groups is 1. The molecule has 4 heteroatoms. The van der Waals surface area contributed by atoms with Crippen molar-refractivity contribution in [1.82, 2.24) is 4.90 Å². The van der Waals surface area contributed by atoms with E-state index < -0.39 is 0 Å². The quantitative estimate of drug-likeness (QED) is 0.679. The molecule has 78 valence electrons. The fourth-order valence-electron chi connectivity index (χ4n) is 1.39. The molecule has 0 radical (unpaired) electrons. The summed E-state index contributed by atoms with van der Waals surface area (Å²) < 4.78 is 1.66. The van der Waals surface area contributed by atoms with Gasteiger partial charge in [0.1, 0.15) is 0 Å². The minimum atomic E-state index is -0.0423. The van der Waals surface area contributed by atoms with Gasteiger partial charge in [0.2, 0.25) is 0 Å². The summed E-state index contributed by atoms with van der Waals surface area (Å²) in [6.45, 7) is 5.81. The first-order chi connectivity index (χ1) is 7.11. The average molecular weight is 220 g/mol. The maximum atomic E-state index is 11.8. The number of amides is 2. The lowest BCUT2D eigenvalue weighted by Crippen LogP contribution is -2.27. The predicted octanol–water partition coefficient (Wildman–Crippen LogP) is 2.99. The first-order valence-electron chi connectivity index (χ1n) is 4.61. The Labute approximate surface area is 93.5 Å². The van der Waals surface area contributed by atoms with Crippen molar-refractivity contribution in [3.05, 3.63) is 41.4 Å². The summed E-state index contributed by atoms with van der Waals surface area (Å²) in [7, 11) is 1.73. The van der Waals surface area contributed by atoms with Gasteiger partial charge in [-0.2, -0.15) is 0 Å². The molecule has 1 saturated heterocycles. The van der Waals surface area contributed by atoms with Gasteiger partial charge in [0.25, 0.3) is 0 Å². The molecule has 1 aromatic carbocycles. The Morgan fingerprint density at radius 3 is 2.53 bits per heavy atom. The molecule has 2 amide bonds. The Morgan fingerprint density at radius 2 is 2.00 bits per heavy atom. The van der Waals surface area contributed by atoms with Crippen molar-refractivity contribution in [2.75, 3.05) is 11.4 Å². The highest BCUT2D eigenvalue weighted by Gasteiger charge is 2.31. The number of carbonyl (C=O) groups excluding carboxylic acids is 1. The molecule has 1 heterocycles. The molecule has 0 N–H and O–H groups in total. The van der Waals surface area contributed by atoms with Crippen molar-refractivity contribution in [2.45, 2.75) is 6.92 Å². The number of para-hydroxylation sites is 1. The van der Waals surface area contributed by atoms with Crippen molar-refractivity contribution in [3.63, 3.8) is 0 Å². The van der Waals surface area contributed by atoms with Crippen LogP contribution in [0.2, 0.25) is 0 Å². The van der Waals surface area contributed by atoms with E-state index in [1.165, 1.54) is 11.9 Å². The van der Waals surface area contributed by atoms with Gasteiger partial charge < -0.3 is 0 Å². The third-order valence-electron chi connectivity index (χ3n) is 2.37. The molecular formula is C11H12N2OS. The maximum Gasteiger partial charge on any atom is 0.339 e. The number of hydrogen-bond donors (Lipinski definition) is 0. The zero-order chi connectivity index (χ0) is 11.0. The van der Waals surface area contributed by atoms with Crippen LogP contribution in [0.5, 0.6) is 0 Å². The largest absolute Gasteiger partial charge is 0.339 e. The molecule has 0 atom stereocenters. The first-order valence-corrected chi connectivity index (χ1v) is 5.39. The van der Waals surface area contributed by atoms with Crippen LogP contribution in [0.15, 0.2) is 35.9 Å². The lowest BCUT2D eigenvalue weighted by molar-refractivity contribution is 0.234. The van der Waals surface area contributed by atoms with Gasteiger partial charge in [0, 0.05) is 19.0 Å². The molecule has 1 aliphatic heterocycles.